The number of hydrogen-bond acceptors (Lipinski definition) is 6. The molecule has 9 nitrogen and oxygen atoms in total. The standard InChI is InChI=1S/C24H27N7O2/c25-23(32)16-1-4-21-18(11-16)22(29-31(21)6-5-15-13-26-14-15)24-27-19-3-2-17(12-20(19)28-24)30-7-9-33-10-8-30/h1-4,11-12,15,26H,5-10,13-14H2,(H2,25,32)(H,27,28). The first-order chi connectivity index (χ1) is 16.2. The molecule has 0 unspecified atom stereocenters. The number of ether oxygens (including phenoxy) is 1. The largest absolute Gasteiger partial charge is 0.378 e. The quantitative estimate of drug-likeness (QED) is 0.419. The number of imidazole rings is 1. The van der Waals surface area contributed by atoms with Crippen LogP contribution in [0.5, 0.6) is 0 Å². The van der Waals surface area contributed by atoms with Crippen molar-refractivity contribution in [3.63, 3.8) is 0 Å². The Labute approximate surface area is 190 Å². The summed E-state index contributed by atoms with van der Waals surface area (Å²) in [7, 11) is 0. The molecule has 4 heterocycles. The minimum Gasteiger partial charge on any atom is -0.378 e. The van der Waals surface area contributed by atoms with Crippen molar-refractivity contribution in [2.24, 2.45) is 11.7 Å². The molecule has 2 aliphatic rings. The first kappa shape index (κ1) is 20.2. The SMILES string of the molecule is NC(=O)c1ccc2c(c1)c(-c1nc3ccc(N4CCOCC4)cc3[nH]1)nn2CCC1CNC1. The molecule has 0 radical (unpaired) electrons. The number of aromatic nitrogens is 4. The summed E-state index contributed by atoms with van der Waals surface area (Å²) in [4.78, 5) is 22.5. The van der Waals surface area contributed by atoms with Gasteiger partial charge in [0.2, 0.25) is 5.91 Å². The third-order valence-electron chi connectivity index (χ3n) is 6.72. The normalized spacial score (nSPS) is 17.0. The van der Waals surface area contributed by atoms with Crippen LogP contribution < -0.4 is 16.0 Å². The van der Waals surface area contributed by atoms with Crippen molar-refractivity contribution in [1.82, 2.24) is 25.1 Å². The van der Waals surface area contributed by atoms with Crippen LogP contribution in [0.25, 0.3) is 33.5 Å². The van der Waals surface area contributed by atoms with Crippen LogP contribution in [0.15, 0.2) is 36.4 Å². The summed E-state index contributed by atoms with van der Waals surface area (Å²) in [5, 5.41) is 9.12. The molecule has 2 aromatic heterocycles. The van der Waals surface area contributed by atoms with Gasteiger partial charge in [-0.15, -0.1) is 0 Å². The third kappa shape index (κ3) is 3.73. The van der Waals surface area contributed by atoms with Crippen LogP contribution in [0.3, 0.4) is 0 Å². The number of carbonyl (C=O) groups is 1. The minimum absolute atomic E-state index is 0.448. The van der Waals surface area contributed by atoms with Gasteiger partial charge in [-0.05, 0) is 61.8 Å². The van der Waals surface area contributed by atoms with Gasteiger partial charge in [-0.2, -0.15) is 5.10 Å². The van der Waals surface area contributed by atoms with E-state index in [1.54, 1.807) is 6.07 Å². The Balaban J connectivity index is 1.40. The van der Waals surface area contributed by atoms with Crippen LogP contribution in [-0.4, -0.2) is 65.0 Å². The van der Waals surface area contributed by atoms with E-state index in [1.165, 1.54) is 0 Å². The molecule has 2 aromatic carbocycles. The van der Waals surface area contributed by atoms with Crippen molar-refractivity contribution < 1.29 is 9.53 Å². The second kappa shape index (κ2) is 8.17. The highest BCUT2D eigenvalue weighted by atomic mass is 16.5. The van der Waals surface area contributed by atoms with E-state index in [4.69, 9.17) is 20.6 Å². The zero-order valence-electron chi connectivity index (χ0n) is 18.4. The van der Waals surface area contributed by atoms with E-state index < -0.39 is 5.91 Å². The van der Waals surface area contributed by atoms with Gasteiger partial charge in [-0.3, -0.25) is 9.48 Å². The van der Waals surface area contributed by atoms with Crippen LogP contribution in [0.1, 0.15) is 16.8 Å². The number of nitrogens with two attached hydrogens (primary N) is 1. The average molecular weight is 446 g/mol. The maximum absolute atomic E-state index is 11.8. The number of anilines is 1. The molecule has 6 rings (SSSR count). The lowest BCUT2D eigenvalue weighted by atomic mass is 10.00. The molecule has 0 bridgehead atoms. The smallest absolute Gasteiger partial charge is 0.248 e. The van der Waals surface area contributed by atoms with Crippen molar-refractivity contribution in [2.75, 3.05) is 44.3 Å². The van der Waals surface area contributed by atoms with Gasteiger partial charge in [-0.1, -0.05) is 0 Å². The number of hydrogen-bond donors (Lipinski definition) is 3. The number of H-pyrrole nitrogens is 1. The van der Waals surface area contributed by atoms with Gasteiger partial charge in [0.1, 0.15) is 5.69 Å². The number of benzene rings is 2. The van der Waals surface area contributed by atoms with Gasteiger partial charge < -0.3 is 25.7 Å². The molecule has 2 saturated heterocycles. The first-order valence-electron chi connectivity index (χ1n) is 11.5. The number of nitrogens with one attached hydrogen (secondary N) is 2. The van der Waals surface area contributed by atoms with Crippen LogP contribution >= 0.6 is 0 Å². The summed E-state index contributed by atoms with van der Waals surface area (Å²) in [5.41, 5.74) is 10.8. The zero-order valence-corrected chi connectivity index (χ0v) is 18.4. The molecule has 0 aliphatic carbocycles. The zero-order chi connectivity index (χ0) is 22.4. The van der Waals surface area contributed by atoms with E-state index in [9.17, 15) is 4.79 Å². The number of fused-ring (bicyclic) bond motifs is 2. The van der Waals surface area contributed by atoms with Gasteiger partial charge >= 0.3 is 0 Å². The summed E-state index contributed by atoms with van der Waals surface area (Å²) in [6.07, 6.45) is 1.06. The maximum Gasteiger partial charge on any atom is 0.248 e. The van der Waals surface area contributed by atoms with E-state index in [0.717, 1.165) is 85.7 Å². The van der Waals surface area contributed by atoms with Crippen LogP contribution in [0.2, 0.25) is 0 Å². The van der Waals surface area contributed by atoms with Crippen molar-refractivity contribution >= 4 is 33.5 Å². The second-order valence-corrected chi connectivity index (χ2v) is 8.87. The van der Waals surface area contributed by atoms with Crippen LogP contribution in [0, 0.1) is 5.92 Å². The molecule has 2 aliphatic heterocycles. The van der Waals surface area contributed by atoms with E-state index in [-0.39, 0.29) is 0 Å². The van der Waals surface area contributed by atoms with Gasteiger partial charge in [0, 0.05) is 36.3 Å². The van der Waals surface area contributed by atoms with Crippen molar-refractivity contribution in [1.29, 1.82) is 0 Å². The number of aryl methyl sites for hydroxylation is 1. The summed E-state index contributed by atoms with van der Waals surface area (Å²) in [5.74, 6) is 0.929. The predicted octanol–water partition coefficient (Wildman–Crippen LogP) is 2.12. The number of aromatic amines is 1. The number of primary amides is 1. The molecular weight excluding hydrogens is 418 g/mol. The summed E-state index contributed by atoms with van der Waals surface area (Å²) < 4.78 is 7.50. The van der Waals surface area contributed by atoms with Gasteiger partial charge in [0.25, 0.3) is 0 Å². The van der Waals surface area contributed by atoms with Crippen molar-refractivity contribution in [3.8, 4) is 11.5 Å². The summed E-state index contributed by atoms with van der Waals surface area (Å²) in [6, 6.07) is 11.8. The number of morpholine rings is 1. The van der Waals surface area contributed by atoms with Gasteiger partial charge in [0.05, 0.1) is 29.8 Å². The fourth-order valence-corrected chi connectivity index (χ4v) is 4.66. The maximum atomic E-state index is 11.8. The number of nitrogens with zero attached hydrogens (tertiary/aromatic N) is 4. The highest BCUT2D eigenvalue weighted by Gasteiger charge is 2.21. The first-order valence-corrected chi connectivity index (χ1v) is 11.5. The number of amides is 1. The lowest BCUT2D eigenvalue weighted by Crippen LogP contribution is -2.42. The fourth-order valence-electron chi connectivity index (χ4n) is 4.66. The van der Waals surface area contributed by atoms with E-state index in [2.05, 4.69) is 27.3 Å². The third-order valence-corrected chi connectivity index (χ3v) is 6.72. The summed E-state index contributed by atoms with van der Waals surface area (Å²) >= 11 is 0. The molecule has 33 heavy (non-hydrogen) atoms. The molecule has 4 N–H and O–H groups in total. The molecule has 9 heteroatoms. The Morgan fingerprint density at radius 1 is 1.15 bits per heavy atom. The predicted molar refractivity (Wildman–Crippen MR) is 127 cm³/mol. The average Bonchev–Trinajstić information content (AvgIpc) is 3.39. The Kier molecular flexibility index (Phi) is 5.00. The lowest BCUT2D eigenvalue weighted by Gasteiger charge is -2.28. The van der Waals surface area contributed by atoms with Crippen LogP contribution in [0.4, 0.5) is 5.69 Å². The number of rotatable bonds is 6. The second-order valence-electron chi connectivity index (χ2n) is 8.87. The Morgan fingerprint density at radius 3 is 2.76 bits per heavy atom. The molecule has 0 atom stereocenters. The molecule has 2 fully saturated rings. The molecule has 4 aromatic rings. The summed E-state index contributed by atoms with van der Waals surface area (Å²) in [6.45, 7) is 6.20. The highest BCUT2D eigenvalue weighted by Crippen LogP contribution is 2.30. The minimum atomic E-state index is -0.448. The topological polar surface area (TPSA) is 114 Å². The van der Waals surface area contributed by atoms with E-state index in [0.29, 0.717) is 17.3 Å². The van der Waals surface area contributed by atoms with Crippen molar-refractivity contribution in [3.05, 3.63) is 42.0 Å². The van der Waals surface area contributed by atoms with E-state index in [1.807, 2.05) is 22.9 Å². The fraction of sp³-hybridized carbons (Fsp3) is 0.375. The Bertz CT molecular complexity index is 1330. The molecule has 1 amide bonds. The van der Waals surface area contributed by atoms with Crippen LogP contribution in [-0.2, 0) is 11.3 Å². The molecular formula is C24H27N7O2. The monoisotopic (exact) mass is 445 g/mol. The molecule has 170 valence electrons. The van der Waals surface area contributed by atoms with Crippen molar-refractivity contribution in [2.45, 2.75) is 13.0 Å². The molecule has 0 saturated carbocycles. The Morgan fingerprint density at radius 2 is 2.00 bits per heavy atom. The van der Waals surface area contributed by atoms with Gasteiger partial charge in [-0.25, -0.2) is 4.98 Å². The number of carbonyl (C=O) groups excluding carboxylic acids is 1. The van der Waals surface area contributed by atoms with Gasteiger partial charge in [0.15, 0.2) is 5.82 Å². The highest BCUT2D eigenvalue weighted by molar-refractivity contribution is 6.01. The molecule has 0 spiro atoms. The van der Waals surface area contributed by atoms with E-state index >= 15 is 0 Å². The lowest BCUT2D eigenvalue weighted by molar-refractivity contribution is 0.100. The Hall–Kier alpha value is -3.43.